The number of carbonyl (C=O) groups is 1. The number of hydrogen-bond acceptors (Lipinski definition) is 6. The number of Topliss-reactive ketones (excluding diaryl/α,β-unsaturated/α-hetero) is 1. The van der Waals surface area contributed by atoms with E-state index in [0.29, 0.717) is 30.4 Å². The fourth-order valence-electron chi connectivity index (χ4n) is 1.78. The van der Waals surface area contributed by atoms with Gasteiger partial charge in [0.05, 0.1) is 13.0 Å². The molecule has 2 rings (SSSR count). The highest BCUT2D eigenvalue weighted by molar-refractivity contribution is 5.83. The molecule has 0 N–H and O–H groups in total. The van der Waals surface area contributed by atoms with Crippen molar-refractivity contribution in [1.29, 1.82) is 0 Å². The monoisotopic (exact) mass is 275 g/mol. The first kappa shape index (κ1) is 14.2. The van der Waals surface area contributed by atoms with Crippen molar-refractivity contribution in [3.05, 3.63) is 35.6 Å². The van der Waals surface area contributed by atoms with E-state index in [-0.39, 0.29) is 11.7 Å². The molecule has 0 fully saturated rings. The Morgan fingerprint density at radius 3 is 2.85 bits per heavy atom. The van der Waals surface area contributed by atoms with Crippen LogP contribution in [0.25, 0.3) is 0 Å². The molecule has 1 atom stereocenters. The van der Waals surface area contributed by atoms with E-state index in [1.807, 2.05) is 13.0 Å². The van der Waals surface area contributed by atoms with Gasteiger partial charge in [-0.25, -0.2) is 4.98 Å². The smallest absolute Gasteiger partial charge is 0.236 e. The third-order valence-corrected chi connectivity index (χ3v) is 3.05. The lowest BCUT2D eigenvalue weighted by atomic mass is 10.1. The summed E-state index contributed by atoms with van der Waals surface area (Å²) in [6.45, 7) is 3.59. The van der Waals surface area contributed by atoms with E-state index in [9.17, 15) is 4.79 Å². The molecule has 0 saturated carbocycles. The van der Waals surface area contributed by atoms with Crippen molar-refractivity contribution in [3.63, 3.8) is 0 Å². The first-order chi connectivity index (χ1) is 9.63. The molecule has 0 spiro atoms. The van der Waals surface area contributed by atoms with E-state index in [2.05, 4.69) is 15.1 Å². The van der Waals surface area contributed by atoms with E-state index in [1.54, 1.807) is 26.3 Å². The van der Waals surface area contributed by atoms with Gasteiger partial charge in [0.15, 0.2) is 5.82 Å². The highest BCUT2D eigenvalue weighted by atomic mass is 16.5. The first-order valence-electron chi connectivity index (χ1n) is 6.48. The van der Waals surface area contributed by atoms with Crippen molar-refractivity contribution < 1.29 is 14.1 Å². The van der Waals surface area contributed by atoms with Crippen LogP contribution in [0.2, 0.25) is 0 Å². The van der Waals surface area contributed by atoms with E-state index in [0.717, 1.165) is 5.56 Å². The lowest BCUT2D eigenvalue weighted by Crippen LogP contribution is -2.07. The van der Waals surface area contributed by atoms with Crippen LogP contribution in [0.3, 0.4) is 0 Å². The maximum absolute atomic E-state index is 11.6. The van der Waals surface area contributed by atoms with Crippen molar-refractivity contribution in [2.45, 2.75) is 32.6 Å². The highest BCUT2D eigenvalue weighted by Gasteiger charge is 2.20. The summed E-state index contributed by atoms with van der Waals surface area (Å²) in [5, 5.41) is 3.89. The number of aromatic nitrogens is 3. The van der Waals surface area contributed by atoms with Crippen molar-refractivity contribution in [2.24, 2.45) is 0 Å². The normalized spacial score (nSPS) is 12.2. The van der Waals surface area contributed by atoms with E-state index < -0.39 is 0 Å². The third kappa shape index (κ3) is 3.20. The number of methoxy groups -OCH3 is 1. The molecule has 1 unspecified atom stereocenters. The maximum Gasteiger partial charge on any atom is 0.236 e. The van der Waals surface area contributed by atoms with Crippen LogP contribution in [0, 0.1) is 0 Å². The van der Waals surface area contributed by atoms with Crippen molar-refractivity contribution in [2.75, 3.05) is 7.11 Å². The summed E-state index contributed by atoms with van der Waals surface area (Å²) in [6.07, 6.45) is 2.67. The molecular formula is C14H17N3O3. The second-order valence-corrected chi connectivity index (χ2v) is 4.48. The number of ether oxygens (including phenoxy) is 1. The molecular weight excluding hydrogens is 258 g/mol. The van der Waals surface area contributed by atoms with Gasteiger partial charge in [-0.15, -0.1) is 0 Å². The van der Waals surface area contributed by atoms with E-state index in [4.69, 9.17) is 9.26 Å². The minimum absolute atomic E-state index is 0.0892. The zero-order chi connectivity index (χ0) is 14.5. The molecule has 2 aromatic heterocycles. The zero-order valence-corrected chi connectivity index (χ0v) is 11.8. The van der Waals surface area contributed by atoms with E-state index in [1.165, 1.54) is 0 Å². The number of carbonyl (C=O) groups excluding carboxylic acids is 1. The topological polar surface area (TPSA) is 78.1 Å². The van der Waals surface area contributed by atoms with Crippen LogP contribution in [-0.4, -0.2) is 28.0 Å². The fourth-order valence-corrected chi connectivity index (χ4v) is 1.78. The van der Waals surface area contributed by atoms with Gasteiger partial charge in [0, 0.05) is 25.1 Å². The minimum atomic E-state index is -0.352. The zero-order valence-electron chi connectivity index (χ0n) is 11.8. The summed E-state index contributed by atoms with van der Waals surface area (Å²) < 4.78 is 10.1. The summed E-state index contributed by atoms with van der Waals surface area (Å²) >= 11 is 0. The Labute approximate surface area is 117 Å². The maximum atomic E-state index is 11.6. The third-order valence-electron chi connectivity index (χ3n) is 3.05. The summed E-state index contributed by atoms with van der Waals surface area (Å²) in [6, 6.07) is 3.67. The van der Waals surface area contributed by atoms with Gasteiger partial charge in [-0.3, -0.25) is 4.79 Å². The van der Waals surface area contributed by atoms with Crippen molar-refractivity contribution in [3.8, 4) is 5.88 Å². The van der Waals surface area contributed by atoms with Gasteiger partial charge in [0.1, 0.15) is 5.78 Å². The van der Waals surface area contributed by atoms with Gasteiger partial charge in [-0.1, -0.05) is 18.1 Å². The predicted molar refractivity (Wildman–Crippen MR) is 71.6 cm³/mol. The average Bonchev–Trinajstić information content (AvgIpc) is 2.95. The molecule has 0 aliphatic carbocycles. The van der Waals surface area contributed by atoms with Crippen LogP contribution in [-0.2, 0) is 11.2 Å². The van der Waals surface area contributed by atoms with Gasteiger partial charge in [-0.2, -0.15) is 4.98 Å². The largest absolute Gasteiger partial charge is 0.481 e. The summed E-state index contributed by atoms with van der Waals surface area (Å²) in [7, 11) is 1.57. The SMILES string of the molecule is CCC(=O)C(C)c1nc(Cc2ccc(OC)nc2)no1. The average molecular weight is 275 g/mol. The van der Waals surface area contributed by atoms with Crippen LogP contribution < -0.4 is 4.74 Å². The summed E-state index contributed by atoms with van der Waals surface area (Å²) in [5.41, 5.74) is 0.952. The van der Waals surface area contributed by atoms with Crippen molar-refractivity contribution in [1.82, 2.24) is 15.1 Å². The summed E-state index contributed by atoms with van der Waals surface area (Å²) in [4.78, 5) is 20.0. The Morgan fingerprint density at radius 1 is 1.45 bits per heavy atom. The van der Waals surface area contributed by atoms with Crippen LogP contribution in [0.4, 0.5) is 0 Å². The summed E-state index contributed by atoms with van der Waals surface area (Å²) in [5.74, 6) is 1.21. The second-order valence-electron chi connectivity index (χ2n) is 4.48. The lowest BCUT2D eigenvalue weighted by molar-refractivity contribution is -0.120. The molecule has 0 aliphatic rings. The molecule has 2 heterocycles. The molecule has 106 valence electrons. The molecule has 0 aromatic carbocycles. The molecule has 0 radical (unpaired) electrons. The Bertz CT molecular complexity index is 578. The number of ketones is 1. The molecule has 0 amide bonds. The van der Waals surface area contributed by atoms with Crippen LogP contribution in [0.5, 0.6) is 5.88 Å². The fraction of sp³-hybridized carbons (Fsp3) is 0.429. The van der Waals surface area contributed by atoms with Gasteiger partial charge < -0.3 is 9.26 Å². The molecule has 6 heteroatoms. The second kappa shape index (κ2) is 6.27. The standard InChI is InChI=1S/C14H17N3O3/c1-4-11(18)9(2)14-16-12(17-20-14)7-10-5-6-13(19-3)15-8-10/h5-6,8-9H,4,7H2,1-3H3. The Balaban J connectivity index is 2.07. The molecule has 2 aromatic rings. The number of pyridine rings is 1. The highest BCUT2D eigenvalue weighted by Crippen LogP contribution is 2.17. The molecule has 0 bridgehead atoms. The Morgan fingerprint density at radius 2 is 2.25 bits per heavy atom. The van der Waals surface area contributed by atoms with Gasteiger partial charge in [-0.05, 0) is 12.5 Å². The van der Waals surface area contributed by atoms with Crippen LogP contribution >= 0.6 is 0 Å². The Hall–Kier alpha value is -2.24. The van der Waals surface area contributed by atoms with Gasteiger partial charge in [0.25, 0.3) is 0 Å². The molecule has 20 heavy (non-hydrogen) atoms. The molecule has 6 nitrogen and oxygen atoms in total. The number of hydrogen-bond donors (Lipinski definition) is 0. The first-order valence-corrected chi connectivity index (χ1v) is 6.48. The Kier molecular flexibility index (Phi) is 4.45. The van der Waals surface area contributed by atoms with Gasteiger partial charge in [0.2, 0.25) is 11.8 Å². The molecule has 0 saturated heterocycles. The van der Waals surface area contributed by atoms with Crippen molar-refractivity contribution >= 4 is 5.78 Å². The number of nitrogens with zero attached hydrogens (tertiary/aromatic N) is 3. The van der Waals surface area contributed by atoms with Gasteiger partial charge >= 0.3 is 0 Å². The lowest BCUT2D eigenvalue weighted by Gasteiger charge is -2.01. The van der Waals surface area contributed by atoms with Crippen LogP contribution in [0.15, 0.2) is 22.9 Å². The van der Waals surface area contributed by atoms with Crippen LogP contribution in [0.1, 0.15) is 43.5 Å². The quantitative estimate of drug-likeness (QED) is 0.803. The number of rotatable bonds is 6. The predicted octanol–water partition coefficient (Wildman–Crippen LogP) is 2.15. The minimum Gasteiger partial charge on any atom is -0.481 e. The molecule has 0 aliphatic heterocycles. The van der Waals surface area contributed by atoms with E-state index >= 15 is 0 Å².